The normalized spacial score (nSPS) is 10.2. The molecule has 0 aliphatic carbocycles. The van der Waals surface area contributed by atoms with Gasteiger partial charge in [0.2, 0.25) is 5.88 Å². The number of rotatable bonds is 8. The molecule has 0 aromatic heterocycles. The molecule has 0 saturated heterocycles. The highest BCUT2D eigenvalue weighted by Crippen LogP contribution is 2.23. The van der Waals surface area contributed by atoms with Crippen LogP contribution in [0.25, 0.3) is 5.57 Å². The molecule has 2 aromatic carbocycles. The van der Waals surface area contributed by atoms with E-state index in [-0.39, 0.29) is 5.88 Å². The zero-order chi connectivity index (χ0) is 18.1. The van der Waals surface area contributed by atoms with Crippen molar-refractivity contribution in [3.8, 4) is 0 Å². The summed E-state index contributed by atoms with van der Waals surface area (Å²) < 4.78 is 0. The molecule has 0 unspecified atom stereocenters. The van der Waals surface area contributed by atoms with Crippen LogP contribution < -0.4 is 0 Å². The third-order valence-electron chi connectivity index (χ3n) is 4.18. The molecule has 25 heavy (non-hydrogen) atoms. The fourth-order valence-electron chi connectivity index (χ4n) is 2.78. The highest BCUT2D eigenvalue weighted by Gasteiger charge is 2.12. The third-order valence-corrected chi connectivity index (χ3v) is 4.18. The van der Waals surface area contributed by atoms with Crippen molar-refractivity contribution >= 4 is 5.57 Å². The van der Waals surface area contributed by atoms with Crippen LogP contribution in [0.2, 0.25) is 0 Å². The molecule has 0 N–H and O–H groups in total. The highest BCUT2D eigenvalue weighted by molar-refractivity contribution is 5.79. The molecular formula is C23H28NO. The van der Waals surface area contributed by atoms with Gasteiger partial charge in [0.25, 0.3) is 0 Å². The summed E-state index contributed by atoms with van der Waals surface area (Å²) in [5.74, 6) is 0.144. The highest BCUT2D eigenvalue weighted by atomic mass is 16.3. The fourth-order valence-corrected chi connectivity index (χ4v) is 2.78. The van der Waals surface area contributed by atoms with Crippen molar-refractivity contribution in [2.45, 2.75) is 33.6 Å². The molecule has 0 saturated carbocycles. The van der Waals surface area contributed by atoms with Crippen molar-refractivity contribution in [3.05, 3.63) is 89.3 Å². The first-order valence-electron chi connectivity index (χ1n) is 9.04. The summed E-state index contributed by atoms with van der Waals surface area (Å²) in [4.78, 5) is 1.95. The lowest BCUT2D eigenvalue weighted by atomic mass is 9.97. The zero-order valence-electron chi connectivity index (χ0n) is 15.5. The van der Waals surface area contributed by atoms with Gasteiger partial charge in [-0.3, -0.25) is 5.11 Å². The lowest BCUT2D eigenvalue weighted by molar-refractivity contribution is 0.150. The Bertz CT molecular complexity index is 656. The average Bonchev–Trinajstić information content (AvgIpc) is 2.65. The smallest absolute Gasteiger partial charge is 0.245 e. The second-order valence-electron chi connectivity index (χ2n) is 6.45. The van der Waals surface area contributed by atoms with E-state index in [0.717, 1.165) is 25.0 Å². The van der Waals surface area contributed by atoms with Gasteiger partial charge >= 0.3 is 0 Å². The molecule has 131 valence electrons. The van der Waals surface area contributed by atoms with Crippen molar-refractivity contribution in [2.75, 3.05) is 13.1 Å². The molecule has 1 radical (unpaired) electrons. The molecule has 0 aliphatic heterocycles. The lowest BCUT2D eigenvalue weighted by Crippen LogP contribution is -2.24. The summed E-state index contributed by atoms with van der Waals surface area (Å²) in [5, 5.41) is 12.5. The number of hydrogen-bond acceptors (Lipinski definition) is 1. The molecule has 2 nitrogen and oxygen atoms in total. The van der Waals surface area contributed by atoms with E-state index in [0.29, 0.717) is 6.54 Å². The van der Waals surface area contributed by atoms with E-state index in [1.807, 2.05) is 30.9 Å². The van der Waals surface area contributed by atoms with Crippen LogP contribution in [-0.2, 0) is 5.11 Å². The number of unbranched alkanes of at least 4 members (excludes halogenated alkanes) is 1. The first kappa shape index (κ1) is 18.9. The van der Waals surface area contributed by atoms with Crippen LogP contribution in [-0.4, -0.2) is 18.0 Å². The van der Waals surface area contributed by atoms with E-state index in [1.165, 1.54) is 16.7 Å². The summed E-state index contributed by atoms with van der Waals surface area (Å²) in [6.45, 7) is 7.36. The van der Waals surface area contributed by atoms with Gasteiger partial charge in [0.15, 0.2) is 0 Å². The van der Waals surface area contributed by atoms with Crippen molar-refractivity contribution in [1.82, 2.24) is 4.90 Å². The Morgan fingerprint density at radius 1 is 0.920 bits per heavy atom. The van der Waals surface area contributed by atoms with Crippen molar-refractivity contribution in [3.63, 3.8) is 0 Å². The Labute approximate surface area is 152 Å². The van der Waals surface area contributed by atoms with Gasteiger partial charge in [0.05, 0.1) is 0 Å². The summed E-state index contributed by atoms with van der Waals surface area (Å²) >= 11 is 0. The maximum Gasteiger partial charge on any atom is 0.245 e. The predicted molar refractivity (Wildman–Crippen MR) is 106 cm³/mol. The summed E-state index contributed by atoms with van der Waals surface area (Å²) in [5.41, 5.74) is 4.36. The van der Waals surface area contributed by atoms with Crippen LogP contribution in [0.5, 0.6) is 0 Å². The fraction of sp³-hybridized carbons (Fsp3) is 0.304. The molecule has 0 atom stereocenters. The first-order valence-corrected chi connectivity index (χ1v) is 9.04. The van der Waals surface area contributed by atoms with E-state index < -0.39 is 0 Å². The molecule has 0 aliphatic rings. The van der Waals surface area contributed by atoms with Crippen LogP contribution in [0.1, 0.15) is 44.7 Å². The summed E-state index contributed by atoms with van der Waals surface area (Å²) in [7, 11) is 0. The summed E-state index contributed by atoms with van der Waals surface area (Å²) in [6.07, 6.45) is 4.29. The minimum Gasteiger partial charge on any atom is -0.335 e. The second-order valence-corrected chi connectivity index (χ2v) is 6.45. The monoisotopic (exact) mass is 334 g/mol. The predicted octanol–water partition coefficient (Wildman–Crippen LogP) is 5.90. The minimum absolute atomic E-state index is 0.144. The maximum absolute atomic E-state index is 12.5. The summed E-state index contributed by atoms with van der Waals surface area (Å²) in [6, 6.07) is 20.7. The molecule has 0 spiro atoms. The number of hydrogen-bond donors (Lipinski definition) is 0. The largest absolute Gasteiger partial charge is 0.335 e. The van der Waals surface area contributed by atoms with Crippen molar-refractivity contribution < 1.29 is 5.11 Å². The van der Waals surface area contributed by atoms with E-state index in [9.17, 15) is 5.11 Å². The zero-order valence-corrected chi connectivity index (χ0v) is 15.5. The molecule has 2 heteroatoms. The van der Waals surface area contributed by atoms with Gasteiger partial charge in [-0.1, -0.05) is 80.1 Å². The average molecular weight is 334 g/mol. The Morgan fingerprint density at radius 3 is 1.88 bits per heavy atom. The maximum atomic E-state index is 12.5. The number of benzene rings is 2. The quantitative estimate of drug-likeness (QED) is 0.551. The van der Waals surface area contributed by atoms with Crippen LogP contribution in [0.3, 0.4) is 0 Å². The molecule has 0 amide bonds. The van der Waals surface area contributed by atoms with Crippen molar-refractivity contribution in [2.24, 2.45) is 0 Å². The van der Waals surface area contributed by atoms with Gasteiger partial charge in [-0.05, 0) is 42.5 Å². The van der Waals surface area contributed by atoms with Gasteiger partial charge in [-0.25, -0.2) is 0 Å². The molecular weight excluding hydrogens is 306 g/mol. The SMILES string of the molecule is CCCCN(CC=C(c1ccccc1)c1ccccc1)C([O])=C(C)C. The first-order chi connectivity index (χ1) is 12.1. The lowest BCUT2D eigenvalue weighted by Gasteiger charge is -2.22. The molecule has 0 bridgehead atoms. The van der Waals surface area contributed by atoms with Gasteiger partial charge in [0.1, 0.15) is 0 Å². The van der Waals surface area contributed by atoms with E-state index >= 15 is 0 Å². The number of allylic oxidation sites excluding steroid dienone is 1. The van der Waals surface area contributed by atoms with E-state index in [2.05, 4.69) is 61.5 Å². The Kier molecular flexibility index (Phi) is 7.34. The van der Waals surface area contributed by atoms with Gasteiger partial charge in [-0.2, -0.15) is 0 Å². The van der Waals surface area contributed by atoms with E-state index in [1.54, 1.807) is 0 Å². The van der Waals surface area contributed by atoms with Crippen LogP contribution >= 0.6 is 0 Å². The molecule has 0 heterocycles. The topological polar surface area (TPSA) is 23.1 Å². The van der Waals surface area contributed by atoms with Crippen molar-refractivity contribution in [1.29, 1.82) is 0 Å². The number of nitrogens with zero attached hydrogens (tertiary/aromatic N) is 1. The molecule has 2 aromatic rings. The molecule has 0 fully saturated rings. The van der Waals surface area contributed by atoms with Crippen LogP contribution in [0.4, 0.5) is 0 Å². The van der Waals surface area contributed by atoms with Crippen LogP contribution in [0.15, 0.2) is 78.2 Å². The Balaban J connectivity index is 2.34. The standard InChI is InChI=1S/C23H28NO/c1-4-5-17-24(23(25)19(2)3)18-16-22(20-12-8-6-9-13-20)21-14-10-7-11-15-21/h6-16H,4-5,17-18H2,1-3H3. The third kappa shape index (κ3) is 5.53. The van der Waals surface area contributed by atoms with Gasteiger partial charge in [0, 0.05) is 13.1 Å². The van der Waals surface area contributed by atoms with Gasteiger partial charge in [-0.15, -0.1) is 0 Å². The Morgan fingerprint density at radius 2 is 1.44 bits per heavy atom. The van der Waals surface area contributed by atoms with Gasteiger partial charge < -0.3 is 4.90 Å². The minimum atomic E-state index is 0.144. The Hall–Kier alpha value is -2.48. The second kappa shape index (κ2) is 9.73. The molecule has 2 rings (SSSR count). The van der Waals surface area contributed by atoms with Crippen LogP contribution in [0, 0.1) is 0 Å². The van der Waals surface area contributed by atoms with E-state index in [4.69, 9.17) is 0 Å².